The number of amides is 2. The Kier molecular flexibility index (Phi) is 6.31. The first-order chi connectivity index (χ1) is 11.6. The van der Waals surface area contributed by atoms with Crippen molar-refractivity contribution in [1.29, 1.82) is 0 Å². The van der Waals surface area contributed by atoms with E-state index in [0.29, 0.717) is 31.0 Å². The smallest absolute Gasteiger partial charge is 0.245 e. The minimum absolute atomic E-state index is 0.0500. The van der Waals surface area contributed by atoms with Gasteiger partial charge in [0.15, 0.2) is 5.82 Å². The lowest BCUT2D eigenvalue weighted by atomic mass is 10.1. The van der Waals surface area contributed by atoms with Crippen molar-refractivity contribution in [2.75, 3.05) is 18.4 Å². The first-order valence-electron chi connectivity index (χ1n) is 7.74. The molecule has 2 aromatic rings. The number of nitrogens with zero attached hydrogens (tertiary/aromatic N) is 2. The summed E-state index contributed by atoms with van der Waals surface area (Å²) in [6.07, 6.45) is 2.58. The van der Waals surface area contributed by atoms with Crippen LogP contribution in [-0.4, -0.2) is 35.0 Å². The van der Waals surface area contributed by atoms with Gasteiger partial charge in [-0.1, -0.05) is 41.6 Å². The van der Waals surface area contributed by atoms with E-state index in [1.807, 2.05) is 30.3 Å². The van der Waals surface area contributed by atoms with Crippen LogP contribution in [0.3, 0.4) is 0 Å². The number of anilines is 1. The lowest BCUT2D eigenvalue weighted by molar-refractivity contribution is -0.134. The SMILES string of the molecule is C=CCN(CC(=O)Nc1cc(C)on1)C(=O)CCc1ccccc1. The fourth-order valence-electron chi connectivity index (χ4n) is 2.25. The van der Waals surface area contributed by atoms with Gasteiger partial charge in [0, 0.05) is 19.0 Å². The molecule has 0 aliphatic carbocycles. The molecule has 6 nitrogen and oxygen atoms in total. The van der Waals surface area contributed by atoms with E-state index in [1.165, 1.54) is 4.90 Å². The summed E-state index contributed by atoms with van der Waals surface area (Å²) in [5.41, 5.74) is 1.09. The van der Waals surface area contributed by atoms with Crippen LogP contribution in [0.2, 0.25) is 0 Å². The average molecular weight is 327 g/mol. The van der Waals surface area contributed by atoms with Crippen molar-refractivity contribution in [3.05, 3.63) is 60.4 Å². The van der Waals surface area contributed by atoms with Crippen molar-refractivity contribution in [1.82, 2.24) is 10.1 Å². The zero-order chi connectivity index (χ0) is 17.4. The molecule has 0 spiro atoms. The molecule has 1 aromatic carbocycles. The molecule has 1 N–H and O–H groups in total. The van der Waals surface area contributed by atoms with E-state index in [2.05, 4.69) is 17.1 Å². The summed E-state index contributed by atoms with van der Waals surface area (Å²) < 4.78 is 4.89. The summed E-state index contributed by atoms with van der Waals surface area (Å²) >= 11 is 0. The number of carbonyl (C=O) groups is 2. The van der Waals surface area contributed by atoms with Crippen LogP contribution in [0.15, 0.2) is 53.6 Å². The van der Waals surface area contributed by atoms with E-state index in [4.69, 9.17) is 4.52 Å². The first-order valence-corrected chi connectivity index (χ1v) is 7.74. The highest BCUT2D eigenvalue weighted by Crippen LogP contribution is 2.08. The summed E-state index contributed by atoms with van der Waals surface area (Å²) in [4.78, 5) is 25.9. The molecule has 0 saturated carbocycles. The number of carbonyl (C=O) groups excluding carboxylic acids is 2. The van der Waals surface area contributed by atoms with Gasteiger partial charge in [-0.2, -0.15) is 0 Å². The Balaban J connectivity index is 1.88. The fourth-order valence-corrected chi connectivity index (χ4v) is 2.25. The topological polar surface area (TPSA) is 75.4 Å². The number of hydrogen-bond donors (Lipinski definition) is 1. The Labute approximate surface area is 141 Å². The maximum atomic E-state index is 12.4. The molecule has 1 heterocycles. The van der Waals surface area contributed by atoms with Crippen molar-refractivity contribution in [2.24, 2.45) is 0 Å². The van der Waals surface area contributed by atoms with E-state index in [-0.39, 0.29) is 18.4 Å². The highest BCUT2D eigenvalue weighted by Gasteiger charge is 2.16. The molecule has 0 aliphatic heterocycles. The van der Waals surface area contributed by atoms with E-state index in [9.17, 15) is 9.59 Å². The maximum absolute atomic E-state index is 12.4. The van der Waals surface area contributed by atoms with E-state index >= 15 is 0 Å². The van der Waals surface area contributed by atoms with Crippen molar-refractivity contribution in [2.45, 2.75) is 19.8 Å². The number of benzene rings is 1. The number of hydrogen-bond acceptors (Lipinski definition) is 4. The van der Waals surface area contributed by atoms with Crippen LogP contribution in [0.5, 0.6) is 0 Å². The van der Waals surface area contributed by atoms with E-state index in [0.717, 1.165) is 5.56 Å². The second-order valence-electron chi connectivity index (χ2n) is 5.42. The lowest BCUT2D eigenvalue weighted by Gasteiger charge is -2.20. The van der Waals surface area contributed by atoms with Crippen LogP contribution in [0.25, 0.3) is 0 Å². The molecule has 2 rings (SSSR count). The van der Waals surface area contributed by atoms with E-state index in [1.54, 1.807) is 19.1 Å². The molecular weight excluding hydrogens is 306 g/mol. The number of nitrogens with one attached hydrogen (secondary N) is 1. The fraction of sp³-hybridized carbons (Fsp3) is 0.278. The molecule has 0 atom stereocenters. The monoisotopic (exact) mass is 327 g/mol. The average Bonchev–Trinajstić information content (AvgIpc) is 2.98. The molecule has 0 fully saturated rings. The van der Waals surface area contributed by atoms with Gasteiger partial charge in [-0.05, 0) is 18.9 Å². The molecule has 0 unspecified atom stereocenters. The minimum atomic E-state index is -0.321. The molecular formula is C18H21N3O3. The number of aryl methyl sites for hydroxylation is 2. The van der Waals surface area contributed by atoms with Gasteiger partial charge >= 0.3 is 0 Å². The molecule has 126 valence electrons. The molecule has 0 radical (unpaired) electrons. The lowest BCUT2D eigenvalue weighted by Crippen LogP contribution is -2.38. The Morgan fingerprint density at radius 3 is 2.71 bits per heavy atom. The van der Waals surface area contributed by atoms with Crippen molar-refractivity contribution < 1.29 is 14.1 Å². The van der Waals surface area contributed by atoms with Crippen molar-refractivity contribution in [3.63, 3.8) is 0 Å². The third kappa shape index (κ3) is 5.39. The predicted octanol–water partition coefficient (Wildman–Crippen LogP) is 2.57. The van der Waals surface area contributed by atoms with Gasteiger partial charge in [-0.25, -0.2) is 0 Å². The Morgan fingerprint density at radius 2 is 2.08 bits per heavy atom. The van der Waals surface area contributed by atoms with Gasteiger partial charge in [0.25, 0.3) is 0 Å². The molecule has 0 aliphatic rings. The summed E-state index contributed by atoms with van der Waals surface area (Å²) in [6.45, 7) is 5.65. The molecule has 6 heteroatoms. The van der Waals surface area contributed by atoms with Crippen LogP contribution in [0.1, 0.15) is 17.7 Å². The van der Waals surface area contributed by atoms with E-state index < -0.39 is 0 Å². The summed E-state index contributed by atoms with van der Waals surface area (Å²) in [5, 5.41) is 6.31. The third-order valence-electron chi connectivity index (χ3n) is 3.40. The Hall–Kier alpha value is -2.89. The van der Waals surface area contributed by atoms with Gasteiger partial charge in [-0.3, -0.25) is 9.59 Å². The maximum Gasteiger partial charge on any atom is 0.245 e. The second kappa shape index (κ2) is 8.67. The van der Waals surface area contributed by atoms with Crippen LogP contribution < -0.4 is 5.32 Å². The highest BCUT2D eigenvalue weighted by atomic mass is 16.5. The Morgan fingerprint density at radius 1 is 1.33 bits per heavy atom. The van der Waals surface area contributed by atoms with Crippen LogP contribution in [0, 0.1) is 6.92 Å². The van der Waals surface area contributed by atoms with Gasteiger partial charge in [0.2, 0.25) is 11.8 Å². The van der Waals surface area contributed by atoms with Crippen LogP contribution in [-0.2, 0) is 16.0 Å². The van der Waals surface area contributed by atoms with Crippen LogP contribution in [0.4, 0.5) is 5.82 Å². The zero-order valence-corrected chi connectivity index (χ0v) is 13.7. The Bertz CT molecular complexity index is 695. The molecule has 0 saturated heterocycles. The predicted molar refractivity (Wildman–Crippen MR) is 91.4 cm³/mol. The normalized spacial score (nSPS) is 10.2. The first kappa shape index (κ1) is 17.5. The summed E-state index contributed by atoms with van der Waals surface area (Å²) in [6, 6.07) is 11.4. The standard InChI is InChI=1S/C18H21N3O3/c1-3-11-21(13-17(22)19-16-12-14(2)24-20-16)18(23)10-9-15-7-5-4-6-8-15/h3-8,12H,1,9-11,13H2,2H3,(H,19,20,22). The number of rotatable bonds is 8. The largest absolute Gasteiger partial charge is 0.360 e. The zero-order valence-electron chi connectivity index (χ0n) is 13.7. The summed E-state index contributed by atoms with van der Waals surface area (Å²) in [5.74, 6) is 0.531. The quantitative estimate of drug-likeness (QED) is 0.756. The minimum Gasteiger partial charge on any atom is -0.360 e. The van der Waals surface area contributed by atoms with Gasteiger partial charge in [-0.15, -0.1) is 6.58 Å². The van der Waals surface area contributed by atoms with Gasteiger partial charge in [0.1, 0.15) is 12.3 Å². The molecule has 0 bridgehead atoms. The molecule has 24 heavy (non-hydrogen) atoms. The second-order valence-corrected chi connectivity index (χ2v) is 5.42. The molecule has 1 aromatic heterocycles. The van der Waals surface area contributed by atoms with Crippen molar-refractivity contribution >= 4 is 17.6 Å². The van der Waals surface area contributed by atoms with Gasteiger partial charge in [0.05, 0.1) is 0 Å². The van der Waals surface area contributed by atoms with Crippen LogP contribution >= 0.6 is 0 Å². The summed E-state index contributed by atoms with van der Waals surface area (Å²) in [7, 11) is 0. The third-order valence-corrected chi connectivity index (χ3v) is 3.40. The van der Waals surface area contributed by atoms with Gasteiger partial charge < -0.3 is 14.7 Å². The molecule has 2 amide bonds. The number of aromatic nitrogens is 1. The highest BCUT2D eigenvalue weighted by molar-refractivity contribution is 5.93. The van der Waals surface area contributed by atoms with Crippen molar-refractivity contribution in [3.8, 4) is 0 Å².